The third kappa shape index (κ3) is 5.00. The third-order valence-corrected chi connectivity index (χ3v) is 3.32. The van der Waals surface area contributed by atoms with Crippen LogP contribution in [0.1, 0.15) is 18.9 Å². The van der Waals surface area contributed by atoms with E-state index in [1.54, 1.807) is 12.1 Å². The lowest BCUT2D eigenvalue weighted by Crippen LogP contribution is -2.30. The Morgan fingerprint density at radius 1 is 1.39 bits per heavy atom. The number of hydrogen-bond acceptors (Lipinski definition) is 2. The fraction of sp³-hybridized carbons (Fsp3) is 0.417. The SMILES string of the molecule is CCC(Br)C(=O)NCc1ccc(OC(F)F)cc1. The van der Waals surface area contributed by atoms with Crippen LogP contribution in [0.15, 0.2) is 24.3 Å². The van der Waals surface area contributed by atoms with Crippen molar-refractivity contribution in [2.45, 2.75) is 31.3 Å². The van der Waals surface area contributed by atoms with Gasteiger partial charge in [-0.25, -0.2) is 0 Å². The highest BCUT2D eigenvalue weighted by Gasteiger charge is 2.11. The van der Waals surface area contributed by atoms with Gasteiger partial charge in [-0.3, -0.25) is 4.79 Å². The number of carbonyl (C=O) groups is 1. The topological polar surface area (TPSA) is 38.3 Å². The molecule has 0 saturated heterocycles. The van der Waals surface area contributed by atoms with Crippen LogP contribution in [0, 0.1) is 0 Å². The smallest absolute Gasteiger partial charge is 0.387 e. The van der Waals surface area contributed by atoms with Crippen molar-refractivity contribution in [2.75, 3.05) is 0 Å². The second-order valence-corrected chi connectivity index (χ2v) is 4.72. The summed E-state index contributed by atoms with van der Waals surface area (Å²) in [5.41, 5.74) is 0.820. The number of carbonyl (C=O) groups excluding carboxylic acids is 1. The summed E-state index contributed by atoms with van der Waals surface area (Å²) in [5.74, 6) is 0.0115. The van der Waals surface area contributed by atoms with Crippen LogP contribution in [-0.2, 0) is 11.3 Å². The second kappa shape index (κ2) is 7.31. The molecule has 3 nitrogen and oxygen atoms in total. The van der Waals surface area contributed by atoms with Crippen molar-refractivity contribution in [1.29, 1.82) is 0 Å². The maximum Gasteiger partial charge on any atom is 0.387 e. The van der Waals surface area contributed by atoms with Crippen molar-refractivity contribution in [3.8, 4) is 5.75 Å². The summed E-state index contributed by atoms with van der Waals surface area (Å²) in [6.45, 7) is -0.569. The van der Waals surface area contributed by atoms with Gasteiger partial charge in [0.25, 0.3) is 0 Å². The Bertz CT molecular complexity index is 384. The molecular weight excluding hydrogens is 308 g/mol. The van der Waals surface area contributed by atoms with Gasteiger partial charge >= 0.3 is 6.61 Å². The number of alkyl halides is 3. The van der Waals surface area contributed by atoms with Crippen molar-refractivity contribution >= 4 is 21.8 Å². The Balaban J connectivity index is 2.46. The lowest BCUT2D eigenvalue weighted by molar-refractivity contribution is -0.120. The monoisotopic (exact) mass is 321 g/mol. The molecule has 1 atom stereocenters. The van der Waals surface area contributed by atoms with Crippen molar-refractivity contribution < 1.29 is 18.3 Å². The maximum absolute atomic E-state index is 11.9. The van der Waals surface area contributed by atoms with E-state index in [-0.39, 0.29) is 16.5 Å². The molecule has 1 amide bonds. The number of amides is 1. The Hall–Kier alpha value is -1.17. The average Bonchev–Trinajstić information content (AvgIpc) is 2.36. The van der Waals surface area contributed by atoms with Crippen LogP contribution in [-0.4, -0.2) is 17.3 Å². The van der Waals surface area contributed by atoms with Gasteiger partial charge < -0.3 is 10.1 Å². The first-order valence-corrected chi connectivity index (χ1v) is 6.40. The Morgan fingerprint density at radius 3 is 2.50 bits per heavy atom. The molecule has 6 heteroatoms. The third-order valence-electron chi connectivity index (χ3n) is 2.26. The van der Waals surface area contributed by atoms with Crippen molar-refractivity contribution in [2.24, 2.45) is 0 Å². The molecule has 0 fully saturated rings. The number of hydrogen-bond donors (Lipinski definition) is 1. The van der Waals surface area contributed by atoms with E-state index in [1.807, 2.05) is 6.92 Å². The van der Waals surface area contributed by atoms with Gasteiger partial charge in [-0.1, -0.05) is 35.0 Å². The molecule has 18 heavy (non-hydrogen) atoms. The van der Waals surface area contributed by atoms with Gasteiger partial charge in [-0.05, 0) is 24.1 Å². The van der Waals surface area contributed by atoms with E-state index >= 15 is 0 Å². The molecule has 1 unspecified atom stereocenters. The van der Waals surface area contributed by atoms with Crippen LogP contribution < -0.4 is 10.1 Å². The quantitative estimate of drug-likeness (QED) is 0.818. The summed E-state index contributed by atoms with van der Waals surface area (Å²) < 4.78 is 28.1. The first-order valence-electron chi connectivity index (χ1n) is 5.48. The van der Waals surface area contributed by atoms with Gasteiger partial charge in [0.05, 0.1) is 4.83 Å². The zero-order valence-corrected chi connectivity index (χ0v) is 11.4. The van der Waals surface area contributed by atoms with Gasteiger partial charge in [0.15, 0.2) is 0 Å². The van der Waals surface area contributed by atoms with E-state index in [9.17, 15) is 13.6 Å². The minimum absolute atomic E-state index is 0.0922. The molecule has 1 aromatic carbocycles. The van der Waals surface area contributed by atoms with Crippen LogP contribution in [0.4, 0.5) is 8.78 Å². The van der Waals surface area contributed by atoms with Crippen molar-refractivity contribution in [1.82, 2.24) is 5.32 Å². The number of ether oxygens (including phenoxy) is 1. The largest absolute Gasteiger partial charge is 0.435 e. The number of halogens is 3. The average molecular weight is 322 g/mol. The predicted octanol–water partition coefficient (Wildman–Crippen LogP) is 3.08. The zero-order valence-electron chi connectivity index (χ0n) is 9.83. The van der Waals surface area contributed by atoms with E-state index in [0.717, 1.165) is 5.56 Å². The first kappa shape index (κ1) is 14.9. The lowest BCUT2D eigenvalue weighted by atomic mass is 10.2. The highest BCUT2D eigenvalue weighted by atomic mass is 79.9. The van der Waals surface area contributed by atoms with Crippen LogP contribution in [0.5, 0.6) is 5.75 Å². The van der Waals surface area contributed by atoms with Crippen LogP contribution in [0.25, 0.3) is 0 Å². The Morgan fingerprint density at radius 2 is 2.00 bits per heavy atom. The van der Waals surface area contributed by atoms with E-state index in [0.29, 0.717) is 13.0 Å². The molecule has 100 valence electrons. The highest BCUT2D eigenvalue weighted by Crippen LogP contribution is 2.15. The van der Waals surface area contributed by atoms with Crippen molar-refractivity contribution in [3.05, 3.63) is 29.8 Å². The van der Waals surface area contributed by atoms with Crippen molar-refractivity contribution in [3.63, 3.8) is 0 Å². The summed E-state index contributed by atoms with van der Waals surface area (Å²) in [6, 6.07) is 6.15. The minimum Gasteiger partial charge on any atom is -0.435 e. The first-order chi connectivity index (χ1) is 8.52. The summed E-state index contributed by atoms with van der Waals surface area (Å²) >= 11 is 3.24. The summed E-state index contributed by atoms with van der Waals surface area (Å²) in [7, 11) is 0. The van der Waals surface area contributed by atoms with E-state index in [2.05, 4.69) is 26.0 Å². The fourth-order valence-corrected chi connectivity index (χ4v) is 1.44. The van der Waals surface area contributed by atoms with Gasteiger partial charge in [-0.2, -0.15) is 8.78 Å². The number of benzene rings is 1. The maximum atomic E-state index is 11.9. The van der Waals surface area contributed by atoms with E-state index in [4.69, 9.17) is 0 Å². The normalized spacial score (nSPS) is 12.3. The second-order valence-electron chi connectivity index (χ2n) is 3.62. The highest BCUT2D eigenvalue weighted by molar-refractivity contribution is 9.10. The number of rotatable bonds is 6. The van der Waals surface area contributed by atoms with E-state index < -0.39 is 6.61 Å². The fourth-order valence-electron chi connectivity index (χ4n) is 1.27. The molecule has 1 rings (SSSR count). The molecular formula is C12H14BrF2NO2. The molecule has 0 bridgehead atoms. The van der Waals surface area contributed by atoms with Gasteiger partial charge in [-0.15, -0.1) is 0 Å². The molecule has 0 aliphatic carbocycles. The summed E-state index contributed by atoms with van der Waals surface area (Å²) in [5, 5.41) is 2.74. The lowest BCUT2D eigenvalue weighted by Gasteiger charge is -2.09. The zero-order chi connectivity index (χ0) is 13.5. The van der Waals surface area contributed by atoms with Gasteiger partial charge in [0.1, 0.15) is 5.75 Å². The van der Waals surface area contributed by atoms with E-state index in [1.165, 1.54) is 12.1 Å². The minimum atomic E-state index is -2.82. The van der Waals surface area contributed by atoms with Gasteiger partial charge in [0.2, 0.25) is 5.91 Å². The molecule has 0 aromatic heterocycles. The van der Waals surface area contributed by atoms with Gasteiger partial charge in [0, 0.05) is 6.54 Å². The summed E-state index contributed by atoms with van der Waals surface area (Å²) in [4.78, 5) is 11.3. The molecule has 1 aromatic rings. The molecule has 0 saturated carbocycles. The molecule has 0 aliphatic rings. The summed E-state index contributed by atoms with van der Waals surface area (Å²) in [6.07, 6.45) is 0.701. The van der Waals surface area contributed by atoms with Crippen LogP contribution in [0.3, 0.4) is 0 Å². The predicted molar refractivity (Wildman–Crippen MR) is 67.9 cm³/mol. The molecule has 0 aliphatic heterocycles. The standard InChI is InChI=1S/C12H14BrF2NO2/c1-2-10(13)11(17)16-7-8-3-5-9(6-4-8)18-12(14)15/h3-6,10,12H,2,7H2,1H3,(H,16,17). The molecule has 1 N–H and O–H groups in total. The Labute approximate surface area is 113 Å². The molecule has 0 heterocycles. The van der Waals surface area contributed by atoms with Crippen LogP contribution in [0.2, 0.25) is 0 Å². The number of nitrogens with one attached hydrogen (secondary N) is 1. The van der Waals surface area contributed by atoms with Crippen LogP contribution >= 0.6 is 15.9 Å². The molecule has 0 radical (unpaired) electrons. The molecule has 0 spiro atoms. The Kier molecular flexibility index (Phi) is 6.04.